The van der Waals surface area contributed by atoms with Crippen LogP contribution in [0.25, 0.3) is 10.9 Å². The van der Waals surface area contributed by atoms with E-state index in [1.165, 1.54) is 0 Å². The van der Waals surface area contributed by atoms with Crippen LogP contribution in [0.2, 0.25) is 0 Å². The van der Waals surface area contributed by atoms with Crippen LogP contribution < -0.4 is 15.4 Å². The third kappa shape index (κ3) is 8.61. The molecule has 1 heterocycles. The second-order valence-corrected chi connectivity index (χ2v) is 9.99. The Labute approximate surface area is 212 Å². The molecule has 194 valence electrons. The van der Waals surface area contributed by atoms with Gasteiger partial charge in [0.1, 0.15) is 11.4 Å². The Morgan fingerprint density at radius 2 is 1.78 bits per heavy atom. The van der Waals surface area contributed by atoms with Gasteiger partial charge in [0.05, 0.1) is 13.5 Å². The van der Waals surface area contributed by atoms with E-state index in [0.29, 0.717) is 19.4 Å². The number of methoxy groups -OCH3 is 1. The summed E-state index contributed by atoms with van der Waals surface area (Å²) < 4.78 is 10.6. The van der Waals surface area contributed by atoms with Crippen molar-refractivity contribution in [1.29, 1.82) is 0 Å². The van der Waals surface area contributed by atoms with Gasteiger partial charge in [0, 0.05) is 35.7 Å². The van der Waals surface area contributed by atoms with E-state index in [9.17, 15) is 14.7 Å². The second kappa shape index (κ2) is 12.4. The van der Waals surface area contributed by atoms with Crippen LogP contribution in [-0.4, -0.2) is 53.5 Å². The molecule has 0 saturated carbocycles. The van der Waals surface area contributed by atoms with Crippen molar-refractivity contribution in [3.8, 4) is 5.75 Å². The minimum absolute atomic E-state index is 0.0367. The first-order valence-corrected chi connectivity index (χ1v) is 12.3. The quantitative estimate of drug-likeness (QED) is 0.290. The Morgan fingerprint density at radius 3 is 2.44 bits per heavy atom. The van der Waals surface area contributed by atoms with E-state index in [1.807, 2.05) is 75.5 Å². The third-order valence-corrected chi connectivity index (χ3v) is 5.87. The zero-order valence-corrected chi connectivity index (χ0v) is 21.5. The average molecular weight is 496 g/mol. The summed E-state index contributed by atoms with van der Waals surface area (Å²) in [7, 11) is 1.63. The molecular weight excluding hydrogens is 458 g/mol. The molecule has 4 N–H and O–H groups in total. The summed E-state index contributed by atoms with van der Waals surface area (Å²) in [4.78, 5) is 27.3. The number of benzene rings is 2. The lowest BCUT2D eigenvalue weighted by molar-refractivity contribution is -0.137. The number of ether oxygens (including phenoxy) is 2. The average Bonchev–Trinajstić information content (AvgIpc) is 3.22. The van der Waals surface area contributed by atoms with E-state index in [-0.39, 0.29) is 18.5 Å². The predicted molar refractivity (Wildman–Crippen MR) is 141 cm³/mol. The Balaban J connectivity index is 1.72. The zero-order chi connectivity index (χ0) is 26.1. The molecule has 0 radical (unpaired) electrons. The van der Waals surface area contributed by atoms with Crippen molar-refractivity contribution in [2.45, 2.75) is 64.1 Å². The van der Waals surface area contributed by atoms with Crippen molar-refractivity contribution in [2.75, 3.05) is 13.7 Å². The number of carboxylic acid groups (broad SMARTS) is 1. The van der Waals surface area contributed by atoms with Gasteiger partial charge in [-0.2, -0.15) is 0 Å². The SMILES string of the molecule is COc1ccc(CCC(CNC(=O)OC(C)(C)C)N[C@H](CC(=O)O)Cc2c[nH]c3ccccc23)cc1. The monoisotopic (exact) mass is 495 g/mol. The first kappa shape index (κ1) is 27.1. The van der Waals surface area contributed by atoms with Gasteiger partial charge in [-0.1, -0.05) is 30.3 Å². The largest absolute Gasteiger partial charge is 0.497 e. The Hall–Kier alpha value is -3.52. The van der Waals surface area contributed by atoms with Gasteiger partial charge in [-0.3, -0.25) is 4.79 Å². The number of rotatable bonds is 12. The molecule has 1 unspecified atom stereocenters. The van der Waals surface area contributed by atoms with Crippen LogP contribution in [0.4, 0.5) is 4.79 Å². The lowest BCUT2D eigenvalue weighted by atomic mass is 9.99. The number of carboxylic acids is 1. The van der Waals surface area contributed by atoms with Crippen molar-refractivity contribution < 1.29 is 24.2 Å². The smallest absolute Gasteiger partial charge is 0.407 e. The number of H-pyrrole nitrogens is 1. The predicted octanol–water partition coefficient (Wildman–Crippen LogP) is 4.68. The number of aliphatic carboxylic acids is 1. The number of amides is 1. The van der Waals surface area contributed by atoms with Crippen LogP contribution in [0.3, 0.4) is 0 Å². The number of aryl methyl sites for hydroxylation is 1. The number of hydrogen-bond donors (Lipinski definition) is 4. The number of alkyl carbamates (subject to hydrolysis) is 1. The van der Waals surface area contributed by atoms with Crippen LogP contribution >= 0.6 is 0 Å². The minimum atomic E-state index is -0.874. The lowest BCUT2D eigenvalue weighted by Gasteiger charge is -2.26. The molecule has 0 spiro atoms. The van der Waals surface area contributed by atoms with Crippen molar-refractivity contribution >= 4 is 23.0 Å². The molecule has 2 atom stereocenters. The molecule has 0 bridgehead atoms. The normalized spacial score (nSPS) is 13.2. The van der Waals surface area contributed by atoms with E-state index < -0.39 is 17.7 Å². The molecule has 0 aliphatic carbocycles. The molecule has 1 amide bonds. The molecule has 0 fully saturated rings. The van der Waals surface area contributed by atoms with Crippen molar-refractivity contribution in [1.82, 2.24) is 15.6 Å². The Bertz CT molecular complexity index is 1130. The lowest BCUT2D eigenvalue weighted by Crippen LogP contribution is -2.48. The fraction of sp³-hybridized carbons (Fsp3) is 0.429. The fourth-order valence-electron chi connectivity index (χ4n) is 4.20. The second-order valence-electron chi connectivity index (χ2n) is 9.99. The van der Waals surface area contributed by atoms with Gasteiger partial charge in [0.15, 0.2) is 0 Å². The molecular formula is C28H37N3O5. The van der Waals surface area contributed by atoms with Gasteiger partial charge in [-0.05, 0) is 69.4 Å². The summed E-state index contributed by atoms with van der Waals surface area (Å²) in [5, 5.41) is 17.0. The first-order chi connectivity index (χ1) is 17.1. The number of para-hydroxylation sites is 1. The van der Waals surface area contributed by atoms with Gasteiger partial charge in [-0.25, -0.2) is 4.79 Å². The molecule has 0 saturated heterocycles. The molecule has 0 aliphatic heterocycles. The first-order valence-electron chi connectivity index (χ1n) is 12.3. The van der Waals surface area contributed by atoms with Crippen molar-refractivity contribution in [3.63, 3.8) is 0 Å². The van der Waals surface area contributed by atoms with E-state index >= 15 is 0 Å². The van der Waals surface area contributed by atoms with Gasteiger partial charge in [0.2, 0.25) is 0 Å². The van der Waals surface area contributed by atoms with Gasteiger partial charge in [0.25, 0.3) is 0 Å². The van der Waals surface area contributed by atoms with Crippen LogP contribution in [0.5, 0.6) is 5.75 Å². The van der Waals surface area contributed by atoms with Gasteiger partial charge in [-0.15, -0.1) is 0 Å². The maximum Gasteiger partial charge on any atom is 0.407 e. The van der Waals surface area contributed by atoms with Crippen LogP contribution in [-0.2, 0) is 22.4 Å². The Kier molecular flexibility index (Phi) is 9.36. The maximum atomic E-state index is 12.3. The van der Waals surface area contributed by atoms with E-state index in [2.05, 4.69) is 15.6 Å². The van der Waals surface area contributed by atoms with Gasteiger partial charge < -0.3 is 30.2 Å². The van der Waals surface area contributed by atoms with Gasteiger partial charge >= 0.3 is 12.1 Å². The molecule has 0 aliphatic rings. The number of nitrogens with one attached hydrogen (secondary N) is 3. The number of carbonyl (C=O) groups excluding carboxylic acids is 1. The van der Waals surface area contributed by atoms with Crippen molar-refractivity contribution in [2.24, 2.45) is 0 Å². The van der Waals surface area contributed by atoms with Crippen LogP contribution in [0, 0.1) is 0 Å². The maximum absolute atomic E-state index is 12.3. The highest BCUT2D eigenvalue weighted by Gasteiger charge is 2.22. The highest BCUT2D eigenvalue weighted by atomic mass is 16.6. The number of hydrogen-bond acceptors (Lipinski definition) is 5. The highest BCUT2D eigenvalue weighted by Crippen LogP contribution is 2.20. The molecule has 3 rings (SSSR count). The topological polar surface area (TPSA) is 113 Å². The molecule has 1 aromatic heterocycles. The van der Waals surface area contributed by atoms with Crippen LogP contribution in [0.15, 0.2) is 54.7 Å². The van der Waals surface area contributed by atoms with E-state index in [1.54, 1.807) is 7.11 Å². The summed E-state index contributed by atoms with van der Waals surface area (Å²) in [6.07, 6.45) is 3.40. The molecule has 36 heavy (non-hydrogen) atoms. The zero-order valence-electron chi connectivity index (χ0n) is 21.5. The summed E-state index contributed by atoms with van der Waals surface area (Å²) in [5.41, 5.74) is 2.60. The summed E-state index contributed by atoms with van der Waals surface area (Å²) in [6.45, 7) is 5.76. The molecule has 2 aromatic carbocycles. The fourth-order valence-corrected chi connectivity index (χ4v) is 4.20. The van der Waals surface area contributed by atoms with Crippen LogP contribution in [0.1, 0.15) is 44.7 Å². The molecule has 8 heteroatoms. The molecule has 8 nitrogen and oxygen atoms in total. The highest BCUT2D eigenvalue weighted by molar-refractivity contribution is 5.83. The van der Waals surface area contributed by atoms with E-state index in [0.717, 1.165) is 34.2 Å². The number of carbonyl (C=O) groups is 2. The number of aromatic nitrogens is 1. The standard InChI is InChI=1S/C28H37N3O5/c1-28(2,3)36-27(34)30-18-21(12-9-19-10-13-23(35-4)14-11-19)31-22(16-26(32)33)15-20-17-29-25-8-6-5-7-24(20)25/h5-8,10-11,13-14,17,21-22,29,31H,9,12,15-16,18H2,1-4H3,(H,30,34)(H,32,33)/t21?,22-/m0/s1. The molecule has 3 aromatic rings. The summed E-state index contributed by atoms with van der Waals surface area (Å²) in [5.74, 6) is -0.0818. The van der Waals surface area contributed by atoms with E-state index in [4.69, 9.17) is 9.47 Å². The minimum Gasteiger partial charge on any atom is -0.497 e. The summed E-state index contributed by atoms with van der Waals surface area (Å²) in [6, 6.07) is 15.4. The summed E-state index contributed by atoms with van der Waals surface area (Å²) >= 11 is 0. The number of fused-ring (bicyclic) bond motifs is 1. The Morgan fingerprint density at radius 1 is 1.06 bits per heavy atom. The third-order valence-electron chi connectivity index (χ3n) is 5.87. The number of aromatic amines is 1. The van der Waals surface area contributed by atoms with Crippen molar-refractivity contribution in [3.05, 3.63) is 65.9 Å².